The Morgan fingerprint density at radius 2 is 1.69 bits per heavy atom. The molecule has 0 radical (unpaired) electrons. The molecule has 29 heavy (non-hydrogen) atoms. The van der Waals surface area contributed by atoms with E-state index >= 15 is 0 Å². The van der Waals surface area contributed by atoms with Crippen LogP contribution < -0.4 is 20.1 Å². The highest BCUT2D eigenvalue weighted by Crippen LogP contribution is 2.29. The zero-order valence-corrected chi connectivity index (χ0v) is 17.1. The van der Waals surface area contributed by atoms with Crippen LogP contribution in [-0.2, 0) is 19.6 Å². The fraction of sp³-hybridized carbons (Fsp3) is 0.263. The van der Waals surface area contributed by atoms with Gasteiger partial charge in [-0.05, 0) is 50.2 Å². The molecule has 2 rings (SSSR count). The molecule has 2 aromatic rings. The predicted octanol–water partition coefficient (Wildman–Crippen LogP) is 3.41. The number of amides is 2. The molecular formula is C19H23N3O6S. The van der Waals surface area contributed by atoms with E-state index in [4.69, 9.17) is 9.47 Å². The summed E-state index contributed by atoms with van der Waals surface area (Å²) in [5.41, 5.74) is 0.888. The molecule has 0 saturated heterocycles. The van der Waals surface area contributed by atoms with Gasteiger partial charge in [-0.25, -0.2) is 13.2 Å². The van der Waals surface area contributed by atoms with Crippen LogP contribution in [0.3, 0.4) is 0 Å². The summed E-state index contributed by atoms with van der Waals surface area (Å²) in [4.78, 5) is 22.9. The van der Waals surface area contributed by atoms with Crippen molar-refractivity contribution in [3.05, 3.63) is 42.5 Å². The molecule has 0 fully saturated rings. The summed E-state index contributed by atoms with van der Waals surface area (Å²) in [7, 11) is -3.97. The third-order valence-electron chi connectivity index (χ3n) is 3.51. The first kappa shape index (κ1) is 22.0. The lowest BCUT2D eigenvalue weighted by atomic mass is 10.3. The van der Waals surface area contributed by atoms with Gasteiger partial charge in [-0.3, -0.25) is 14.8 Å². The molecule has 0 unspecified atom stereocenters. The fourth-order valence-electron chi connectivity index (χ4n) is 2.41. The highest BCUT2D eigenvalue weighted by molar-refractivity contribution is 7.92. The van der Waals surface area contributed by atoms with E-state index in [-0.39, 0.29) is 28.8 Å². The third kappa shape index (κ3) is 6.39. The Morgan fingerprint density at radius 1 is 0.966 bits per heavy atom. The van der Waals surface area contributed by atoms with Gasteiger partial charge in [-0.1, -0.05) is 6.07 Å². The molecular weight excluding hydrogens is 398 g/mol. The van der Waals surface area contributed by atoms with E-state index in [1.54, 1.807) is 32.0 Å². The van der Waals surface area contributed by atoms with Gasteiger partial charge >= 0.3 is 6.09 Å². The highest BCUT2D eigenvalue weighted by atomic mass is 32.2. The van der Waals surface area contributed by atoms with Gasteiger partial charge in [0.05, 0.1) is 29.5 Å². The summed E-state index contributed by atoms with van der Waals surface area (Å²) in [5, 5.41) is 5.06. The monoisotopic (exact) mass is 421 g/mol. The van der Waals surface area contributed by atoms with Crippen molar-refractivity contribution >= 4 is 39.1 Å². The molecule has 0 heterocycles. The molecule has 0 aliphatic rings. The van der Waals surface area contributed by atoms with Crippen molar-refractivity contribution in [2.24, 2.45) is 0 Å². The number of benzene rings is 2. The molecule has 0 aliphatic heterocycles. The largest absolute Gasteiger partial charge is 0.492 e. The van der Waals surface area contributed by atoms with Crippen molar-refractivity contribution in [2.45, 2.75) is 25.7 Å². The van der Waals surface area contributed by atoms with Gasteiger partial charge < -0.3 is 14.8 Å². The van der Waals surface area contributed by atoms with Crippen LogP contribution in [0.2, 0.25) is 0 Å². The number of hydrogen-bond donors (Lipinski definition) is 3. The maximum absolute atomic E-state index is 12.8. The van der Waals surface area contributed by atoms with Crippen molar-refractivity contribution < 1.29 is 27.5 Å². The zero-order chi connectivity index (χ0) is 21.4. The second-order valence-electron chi connectivity index (χ2n) is 5.80. The van der Waals surface area contributed by atoms with Gasteiger partial charge in [-0.15, -0.1) is 0 Å². The predicted molar refractivity (Wildman–Crippen MR) is 110 cm³/mol. The molecule has 0 bridgehead atoms. The van der Waals surface area contributed by atoms with Crippen LogP contribution >= 0.6 is 0 Å². The Balaban J connectivity index is 2.31. The minimum atomic E-state index is -3.97. The average Bonchev–Trinajstić information content (AvgIpc) is 2.62. The van der Waals surface area contributed by atoms with Gasteiger partial charge in [0, 0.05) is 12.6 Å². The first-order chi connectivity index (χ1) is 13.7. The number of anilines is 3. The summed E-state index contributed by atoms with van der Waals surface area (Å²) in [5.74, 6) is 0.0401. The summed E-state index contributed by atoms with van der Waals surface area (Å²) < 4.78 is 38.3. The Labute approximate surface area is 169 Å². The molecule has 0 saturated carbocycles. The van der Waals surface area contributed by atoms with Crippen molar-refractivity contribution in [3.63, 3.8) is 0 Å². The molecule has 0 spiro atoms. The Bertz CT molecular complexity index is 991. The number of rotatable bonds is 8. The molecule has 3 N–H and O–H groups in total. The standard InChI is InChI=1S/C19H23N3O6S/c1-4-27-18-10-9-16(12-17(18)21-19(24)28-5-2)29(25,26)22-15-8-6-7-14(11-15)20-13(3)23/h6-12,22H,4-5H2,1-3H3,(H,20,23)(H,21,24). The number of hydrogen-bond acceptors (Lipinski definition) is 6. The number of carbonyl (C=O) groups excluding carboxylic acids is 2. The van der Waals surface area contributed by atoms with Gasteiger partial charge in [0.15, 0.2) is 0 Å². The van der Waals surface area contributed by atoms with Crippen LogP contribution in [-0.4, -0.2) is 33.6 Å². The Kier molecular flexibility index (Phi) is 7.43. The van der Waals surface area contributed by atoms with Crippen molar-refractivity contribution in [1.29, 1.82) is 0 Å². The van der Waals surface area contributed by atoms with E-state index < -0.39 is 16.1 Å². The number of nitrogens with one attached hydrogen (secondary N) is 3. The van der Waals surface area contributed by atoms with Crippen LogP contribution in [0.15, 0.2) is 47.4 Å². The fourth-order valence-corrected chi connectivity index (χ4v) is 3.49. The number of carbonyl (C=O) groups is 2. The smallest absolute Gasteiger partial charge is 0.411 e. The first-order valence-corrected chi connectivity index (χ1v) is 10.3. The Morgan fingerprint density at radius 3 is 2.34 bits per heavy atom. The van der Waals surface area contributed by atoms with E-state index in [1.165, 1.54) is 31.2 Å². The van der Waals surface area contributed by atoms with E-state index in [9.17, 15) is 18.0 Å². The lowest BCUT2D eigenvalue weighted by Gasteiger charge is -2.14. The van der Waals surface area contributed by atoms with E-state index in [1.807, 2.05) is 0 Å². The quantitative estimate of drug-likeness (QED) is 0.600. The molecule has 9 nitrogen and oxygen atoms in total. The first-order valence-electron chi connectivity index (χ1n) is 8.86. The highest BCUT2D eigenvalue weighted by Gasteiger charge is 2.18. The maximum Gasteiger partial charge on any atom is 0.411 e. The molecule has 0 aromatic heterocycles. The average molecular weight is 421 g/mol. The number of sulfonamides is 1. The topological polar surface area (TPSA) is 123 Å². The third-order valence-corrected chi connectivity index (χ3v) is 4.89. The second-order valence-corrected chi connectivity index (χ2v) is 7.49. The van der Waals surface area contributed by atoms with Crippen LogP contribution in [0.5, 0.6) is 5.75 Å². The minimum absolute atomic E-state index is 0.0855. The van der Waals surface area contributed by atoms with Gasteiger partial charge in [-0.2, -0.15) is 0 Å². The lowest BCUT2D eigenvalue weighted by molar-refractivity contribution is -0.114. The van der Waals surface area contributed by atoms with Crippen molar-refractivity contribution in [2.75, 3.05) is 28.6 Å². The molecule has 2 amide bonds. The van der Waals surface area contributed by atoms with Gasteiger partial charge in [0.1, 0.15) is 5.75 Å². The summed E-state index contributed by atoms with van der Waals surface area (Å²) in [6, 6.07) is 10.4. The molecule has 0 atom stereocenters. The lowest BCUT2D eigenvalue weighted by Crippen LogP contribution is -2.17. The summed E-state index contributed by atoms with van der Waals surface area (Å²) >= 11 is 0. The molecule has 10 heteroatoms. The van der Waals surface area contributed by atoms with Crippen molar-refractivity contribution in [1.82, 2.24) is 0 Å². The minimum Gasteiger partial charge on any atom is -0.492 e. The number of ether oxygens (including phenoxy) is 2. The van der Waals surface area contributed by atoms with Crippen LogP contribution in [0.25, 0.3) is 0 Å². The molecule has 156 valence electrons. The zero-order valence-electron chi connectivity index (χ0n) is 16.3. The van der Waals surface area contributed by atoms with Gasteiger partial charge in [0.2, 0.25) is 5.91 Å². The Hall–Kier alpha value is -3.27. The van der Waals surface area contributed by atoms with Crippen LogP contribution in [0.1, 0.15) is 20.8 Å². The van der Waals surface area contributed by atoms with E-state index in [2.05, 4.69) is 15.4 Å². The normalized spacial score (nSPS) is 10.7. The van der Waals surface area contributed by atoms with Gasteiger partial charge in [0.25, 0.3) is 10.0 Å². The molecule has 2 aromatic carbocycles. The summed E-state index contributed by atoms with van der Waals surface area (Å²) in [6.45, 7) is 5.28. The van der Waals surface area contributed by atoms with E-state index in [0.717, 1.165) is 0 Å². The second kappa shape index (κ2) is 9.78. The van der Waals surface area contributed by atoms with Crippen molar-refractivity contribution in [3.8, 4) is 5.75 Å². The van der Waals surface area contributed by atoms with Crippen LogP contribution in [0.4, 0.5) is 21.9 Å². The van der Waals surface area contributed by atoms with E-state index in [0.29, 0.717) is 18.0 Å². The van der Waals surface area contributed by atoms with Crippen LogP contribution in [0, 0.1) is 0 Å². The maximum atomic E-state index is 12.8. The summed E-state index contributed by atoms with van der Waals surface area (Å²) in [6.07, 6.45) is -0.723. The SMILES string of the molecule is CCOC(=O)Nc1cc(S(=O)(=O)Nc2cccc(NC(C)=O)c2)ccc1OCC. The molecule has 0 aliphatic carbocycles.